The topological polar surface area (TPSA) is 16.1 Å². The van der Waals surface area contributed by atoms with Crippen LogP contribution in [-0.4, -0.2) is 29.5 Å². The standard InChI is InChI=1S/C13H15N.C8H17N/c1-13(2)8-6-11(7-9-13)12-5-3-4-10-14-12;1-2-6-9-7-4-3-5-8-9/h3-8,10H,9H2,1-2H3;2-8H2,1H3. The van der Waals surface area contributed by atoms with Gasteiger partial charge in [0, 0.05) is 6.20 Å². The van der Waals surface area contributed by atoms with Gasteiger partial charge >= 0.3 is 0 Å². The summed E-state index contributed by atoms with van der Waals surface area (Å²) in [7, 11) is 0. The number of piperidine rings is 1. The molecule has 23 heavy (non-hydrogen) atoms. The Labute approximate surface area is 142 Å². The molecule has 0 unspecified atom stereocenters. The first-order chi connectivity index (χ1) is 11.1. The predicted octanol–water partition coefficient (Wildman–Crippen LogP) is 5.33. The van der Waals surface area contributed by atoms with E-state index in [1.807, 2.05) is 18.3 Å². The van der Waals surface area contributed by atoms with E-state index in [0.29, 0.717) is 5.41 Å². The zero-order valence-electron chi connectivity index (χ0n) is 15.1. The molecule has 126 valence electrons. The molecule has 0 radical (unpaired) electrons. The van der Waals surface area contributed by atoms with Crippen molar-refractivity contribution in [2.75, 3.05) is 19.6 Å². The molecular weight excluding hydrogens is 280 g/mol. The highest BCUT2D eigenvalue weighted by Crippen LogP contribution is 2.31. The third-order valence-electron chi connectivity index (χ3n) is 4.51. The van der Waals surface area contributed by atoms with Crippen LogP contribution in [0, 0.1) is 5.41 Å². The monoisotopic (exact) mass is 312 g/mol. The summed E-state index contributed by atoms with van der Waals surface area (Å²) in [5, 5.41) is 0. The van der Waals surface area contributed by atoms with E-state index in [-0.39, 0.29) is 0 Å². The Hall–Kier alpha value is -1.41. The Bertz CT molecular complexity index is 505. The summed E-state index contributed by atoms with van der Waals surface area (Å²) in [5.74, 6) is 0. The fourth-order valence-corrected chi connectivity index (χ4v) is 3.05. The highest BCUT2D eigenvalue weighted by molar-refractivity contribution is 5.72. The summed E-state index contributed by atoms with van der Waals surface area (Å²) in [4.78, 5) is 6.90. The second-order valence-corrected chi connectivity index (χ2v) is 7.30. The lowest BCUT2D eigenvalue weighted by Crippen LogP contribution is -2.30. The van der Waals surface area contributed by atoms with Gasteiger partial charge in [0.25, 0.3) is 0 Å². The summed E-state index contributed by atoms with van der Waals surface area (Å²) in [6.45, 7) is 10.8. The van der Waals surface area contributed by atoms with Gasteiger partial charge < -0.3 is 4.90 Å². The van der Waals surface area contributed by atoms with Gasteiger partial charge in [0.05, 0.1) is 5.69 Å². The van der Waals surface area contributed by atoms with Gasteiger partial charge in [-0.15, -0.1) is 0 Å². The van der Waals surface area contributed by atoms with Crippen LogP contribution >= 0.6 is 0 Å². The van der Waals surface area contributed by atoms with Gasteiger partial charge in [0.1, 0.15) is 0 Å². The predicted molar refractivity (Wildman–Crippen MR) is 100 cm³/mol. The Kier molecular flexibility index (Phi) is 7.04. The quantitative estimate of drug-likeness (QED) is 0.749. The summed E-state index contributed by atoms with van der Waals surface area (Å²) in [5.41, 5.74) is 2.61. The van der Waals surface area contributed by atoms with E-state index in [0.717, 1.165) is 12.1 Å². The van der Waals surface area contributed by atoms with E-state index in [2.05, 4.69) is 54.9 Å². The van der Waals surface area contributed by atoms with E-state index < -0.39 is 0 Å². The molecule has 0 N–H and O–H groups in total. The van der Waals surface area contributed by atoms with Crippen molar-refractivity contribution in [3.8, 4) is 0 Å². The van der Waals surface area contributed by atoms with Gasteiger partial charge in [-0.05, 0) is 68.4 Å². The van der Waals surface area contributed by atoms with Crippen LogP contribution in [0.15, 0.2) is 42.6 Å². The Morgan fingerprint density at radius 1 is 1.13 bits per heavy atom. The van der Waals surface area contributed by atoms with E-state index in [1.165, 1.54) is 50.9 Å². The van der Waals surface area contributed by atoms with Crippen molar-refractivity contribution in [1.29, 1.82) is 0 Å². The number of pyridine rings is 1. The maximum absolute atomic E-state index is 4.33. The second kappa shape index (κ2) is 9.02. The fraction of sp³-hybridized carbons (Fsp3) is 0.571. The average molecular weight is 313 g/mol. The molecule has 0 aromatic carbocycles. The molecule has 1 aliphatic heterocycles. The maximum Gasteiger partial charge on any atom is 0.0698 e. The van der Waals surface area contributed by atoms with Crippen LogP contribution in [0.3, 0.4) is 0 Å². The number of hydrogen-bond donors (Lipinski definition) is 0. The van der Waals surface area contributed by atoms with Gasteiger partial charge in [0.2, 0.25) is 0 Å². The van der Waals surface area contributed by atoms with Crippen LogP contribution in [0.5, 0.6) is 0 Å². The van der Waals surface area contributed by atoms with Crippen LogP contribution < -0.4 is 0 Å². The lowest BCUT2D eigenvalue weighted by Gasteiger charge is -2.25. The minimum Gasteiger partial charge on any atom is -0.303 e. The zero-order chi connectivity index (χ0) is 16.5. The van der Waals surface area contributed by atoms with Gasteiger partial charge in [-0.25, -0.2) is 0 Å². The molecule has 2 heteroatoms. The summed E-state index contributed by atoms with van der Waals surface area (Å²) >= 11 is 0. The van der Waals surface area contributed by atoms with E-state index in [9.17, 15) is 0 Å². The first-order valence-corrected chi connectivity index (χ1v) is 9.14. The van der Waals surface area contributed by atoms with E-state index >= 15 is 0 Å². The van der Waals surface area contributed by atoms with E-state index in [1.54, 1.807) is 0 Å². The van der Waals surface area contributed by atoms with Crippen molar-refractivity contribution in [3.63, 3.8) is 0 Å². The Morgan fingerprint density at radius 3 is 2.48 bits per heavy atom. The fourth-order valence-electron chi connectivity index (χ4n) is 3.05. The highest BCUT2D eigenvalue weighted by Gasteiger charge is 2.16. The van der Waals surface area contributed by atoms with Gasteiger partial charge in [-0.1, -0.05) is 51.5 Å². The first-order valence-electron chi connectivity index (χ1n) is 9.14. The molecule has 0 atom stereocenters. The maximum atomic E-state index is 4.33. The molecule has 1 aliphatic carbocycles. The smallest absolute Gasteiger partial charge is 0.0698 e. The second-order valence-electron chi connectivity index (χ2n) is 7.30. The SMILES string of the molecule is CC1(C)C=CC(c2ccccn2)=CC1.CCCN1CCCCC1. The van der Waals surface area contributed by atoms with Crippen LogP contribution in [0.2, 0.25) is 0 Å². The number of rotatable bonds is 3. The van der Waals surface area contributed by atoms with Crippen molar-refractivity contribution in [3.05, 3.63) is 48.3 Å². The average Bonchev–Trinajstić information content (AvgIpc) is 2.58. The molecule has 2 aliphatic rings. The molecule has 1 aromatic heterocycles. The third-order valence-corrected chi connectivity index (χ3v) is 4.51. The molecule has 3 rings (SSSR count). The number of likely N-dealkylation sites (tertiary alicyclic amines) is 1. The molecule has 1 aromatic rings. The van der Waals surface area contributed by atoms with Crippen molar-refractivity contribution in [1.82, 2.24) is 9.88 Å². The number of nitrogens with zero attached hydrogens (tertiary/aromatic N) is 2. The van der Waals surface area contributed by atoms with Crippen molar-refractivity contribution in [2.45, 2.75) is 52.9 Å². The van der Waals surface area contributed by atoms with Crippen molar-refractivity contribution in [2.24, 2.45) is 5.41 Å². The molecule has 0 bridgehead atoms. The van der Waals surface area contributed by atoms with Gasteiger partial charge in [0.15, 0.2) is 0 Å². The summed E-state index contributed by atoms with van der Waals surface area (Å²) in [6.07, 6.45) is 15.3. The molecule has 0 amide bonds. The van der Waals surface area contributed by atoms with Crippen molar-refractivity contribution >= 4 is 5.57 Å². The lowest BCUT2D eigenvalue weighted by molar-refractivity contribution is 0.229. The molecule has 1 saturated heterocycles. The molecule has 0 spiro atoms. The number of aromatic nitrogens is 1. The van der Waals surface area contributed by atoms with E-state index in [4.69, 9.17) is 0 Å². The van der Waals surface area contributed by atoms with Crippen LogP contribution in [0.4, 0.5) is 0 Å². The van der Waals surface area contributed by atoms with Crippen LogP contribution in [-0.2, 0) is 0 Å². The van der Waals surface area contributed by atoms with Crippen molar-refractivity contribution < 1.29 is 0 Å². The lowest BCUT2D eigenvalue weighted by atomic mass is 9.83. The first kappa shape index (κ1) is 17.9. The number of hydrogen-bond acceptors (Lipinski definition) is 2. The zero-order valence-corrected chi connectivity index (χ0v) is 15.1. The molecule has 1 fully saturated rings. The minimum atomic E-state index is 0.304. The van der Waals surface area contributed by atoms with Crippen LogP contribution in [0.25, 0.3) is 5.57 Å². The molecular formula is C21H32N2. The minimum absolute atomic E-state index is 0.304. The third kappa shape index (κ3) is 6.31. The normalized spacial score (nSPS) is 20.4. The number of allylic oxidation sites excluding steroid dienone is 4. The molecule has 0 saturated carbocycles. The largest absolute Gasteiger partial charge is 0.303 e. The summed E-state index contributed by atoms with van der Waals surface area (Å²) < 4.78 is 0. The summed E-state index contributed by atoms with van der Waals surface area (Å²) in [6, 6.07) is 6.02. The van der Waals surface area contributed by atoms with Gasteiger partial charge in [-0.2, -0.15) is 0 Å². The molecule has 2 heterocycles. The molecule has 2 nitrogen and oxygen atoms in total. The van der Waals surface area contributed by atoms with Gasteiger partial charge in [-0.3, -0.25) is 4.98 Å². The van der Waals surface area contributed by atoms with Crippen LogP contribution in [0.1, 0.15) is 58.6 Å². The highest BCUT2D eigenvalue weighted by atomic mass is 15.1. The Balaban J connectivity index is 0.000000185. The Morgan fingerprint density at radius 2 is 1.91 bits per heavy atom.